The SMILES string of the molecule is C.C.C.C.CCC(CN)CC(C)CNCC(O)CNCC(C)CC(CC)CN. The first kappa shape index (κ1) is 38.4. The minimum atomic E-state index is -0.336. The van der Waals surface area contributed by atoms with Gasteiger partial charge in [0.1, 0.15) is 0 Å². The summed E-state index contributed by atoms with van der Waals surface area (Å²) < 4.78 is 0. The first-order valence-electron chi connectivity index (χ1n) is 9.96. The number of hydrogen-bond donors (Lipinski definition) is 5. The molecule has 5 heteroatoms. The molecule has 0 saturated heterocycles. The third-order valence-electron chi connectivity index (χ3n) is 5.04. The maximum atomic E-state index is 10.1. The van der Waals surface area contributed by atoms with E-state index in [-0.39, 0.29) is 35.8 Å². The molecule has 0 aromatic carbocycles. The molecule has 0 saturated carbocycles. The largest absolute Gasteiger partial charge is 0.390 e. The van der Waals surface area contributed by atoms with Crippen LogP contribution in [-0.2, 0) is 0 Å². The van der Waals surface area contributed by atoms with Gasteiger partial charge in [0.05, 0.1) is 6.10 Å². The summed E-state index contributed by atoms with van der Waals surface area (Å²) in [6.07, 6.45) is 4.28. The molecule has 0 aliphatic rings. The maximum absolute atomic E-state index is 10.1. The van der Waals surface area contributed by atoms with Crippen LogP contribution in [0.5, 0.6) is 0 Å². The smallest absolute Gasteiger partial charge is 0.0788 e. The van der Waals surface area contributed by atoms with Crippen molar-refractivity contribution >= 4 is 0 Å². The van der Waals surface area contributed by atoms with Crippen LogP contribution in [0, 0.1) is 23.7 Å². The quantitative estimate of drug-likeness (QED) is 0.265. The number of nitrogens with one attached hydrogen (secondary N) is 2. The topological polar surface area (TPSA) is 96.3 Å². The van der Waals surface area contributed by atoms with Crippen LogP contribution in [0.2, 0.25) is 0 Å². The van der Waals surface area contributed by atoms with Gasteiger partial charge < -0.3 is 27.2 Å². The predicted octanol–water partition coefficient (Wildman–Crippen LogP) is 4.09. The highest BCUT2D eigenvalue weighted by Crippen LogP contribution is 2.14. The van der Waals surface area contributed by atoms with Crippen LogP contribution < -0.4 is 22.1 Å². The van der Waals surface area contributed by atoms with Crippen LogP contribution in [0.3, 0.4) is 0 Å². The van der Waals surface area contributed by atoms with Gasteiger partial charge in [0.2, 0.25) is 0 Å². The number of hydrogen-bond acceptors (Lipinski definition) is 5. The van der Waals surface area contributed by atoms with E-state index in [1.807, 2.05) is 0 Å². The summed E-state index contributed by atoms with van der Waals surface area (Å²) in [6, 6.07) is 0. The standard InChI is InChI=1S/C19H44N4O.4CH4/c1-5-17(9-20)7-15(3)11-22-13-19(24)14-23-12-16(4)8-18(6-2)10-21;;;;/h15-19,22-24H,5-14,20-21H2,1-4H3;4*1H4. The van der Waals surface area contributed by atoms with E-state index in [4.69, 9.17) is 11.5 Å². The minimum absolute atomic E-state index is 0. The Kier molecular flexibility index (Phi) is 34.1. The van der Waals surface area contributed by atoms with Gasteiger partial charge in [-0.15, -0.1) is 0 Å². The Hall–Kier alpha value is -0.200. The number of aliphatic hydroxyl groups is 1. The Morgan fingerprint density at radius 2 is 1.00 bits per heavy atom. The van der Waals surface area contributed by atoms with Crippen LogP contribution in [-0.4, -0.2) is 50.5 Å². The molecule has 0 heterocycles. The molecule has 28 heavy (non-hydrogen) atoms. The zero-order valence-electron chi connectivity index (χ0n) is 16.6. The Balaban J connectivity index is -0.000000441. The molecule has 0 amide bonds. The van der Waals surface area contributed by atoms with Gasteiger partial charge in [-0.25, -0.2) is 0 Å². The highest BCUT2D eigenvalue weighted by Gasteiger charge is 2.12. The third-order valence-corrected chi connectivity index (χ3v) is 5.04. The van der Waals surface area contributed by atoms with E-state index in [0.29, 0.717) is 36.8 Å². The van der Waals surface area contributed by atoms with Gasteiger partial charge in [-0.3, -0.25) is 0 Å². The van der Waals surface area contributed by atoms with E-state index in [9.17, 15) is 5.11 Å². The van der Waals surface area contributed by atoms with E-state index in [1.54, 1.807) is 0 Å². The second-order valence-corrected chi connectivity index (χ2v) is 7.67. The lowest BCUT2D eigenvalue weighted by molar-refractivity contribution is 0.164. The Labute approximate surface area is 179 Å². The fourth-order valence-electron chi connectivity index (χ4n) is 3.23. The number of nitrogens with two attached hydrogens (primary N) is 2. The van der Waals surface area contributed by atoms with Gasteiger partial charge in [0, 0.05) is 13.1 Å². The third kappa shape index (κ3) is 20.5. The molecule has 0 rings (SSSR count). The fourth-order valence-corrected chi connectivity index (χ4v) is 3.23. The number of rotatable bonds is 16. The Morgan fingerprint density at radius 1 is 0.679 bits per heavy atom. The highest BCUT2D eigenvalue weighted by atomic mass is 16.3. The summed E-state index contributed by atoms with van der Waals surface area (Å²) in [5.41, 5.74) is 11.5. The van der Waals surface area contributed by atoms with Crippen molar-refractivity contribution in [3.8, 4) is 0 Å². The van der Waals surface area contributed by atoms with Gasteiger partial charge in [0.25, 0.3) is 0 Å². The van der Waals surface area contributed by atoms with E-state index >= 15 is 0 Å². The molecule has 0 radical (unpaired) electrons. The molecule has 5 nitrogen and oxygen atoms in total. The summed E-state index contributed by atoms with van der Waals surface area (Å²) in [7, 11) is 0. The van der Waals surface area contributed by atoms with Gasteiger partial charge in [-0.2, -0.15) is 0 Å². The normalized spacial score (nSPS) is 15.5. The predicted molar refractivity (Wildman–Crippen MR) is 132 cm³/mol. The fraction of sp³-hybridized carbons (Fsp3) is 1.00. The summed E-state index contributed by atoms with van der Waals surface area (Å²) in [6.45, 7) is 13.6. The lowest BCUT2D eigenvalue weighted by Crippen LogP contribution is -2.38. The molecule has 4 atom stereocenters. The molecule has 4 unspecified atom stereocenters. The molecule has 0 aliphatic carbocycles. The van der Waals surface area contributed by atoms with Crippen LogP contribution in [0.15, 0.2) is 0 Å². The summed E-state index contributed by atoms with van der Waals surface area (Å²) in [4.78, 5) is 0. The Bertz CT molecular complexity index is 245. The molecular weight excluding hydrogens is 348 g/mol. The van der Waals surface area contributed by atoms with Crippen molar-refractivity contribution < 1.29 is 5.11 Å². The molecule has 0 spiro atoms. The van der Waals surface area contributed by atoms with E-state index in [0.717, 1.165) is 51.9 Å². The van der Waals surface area contributed by atoms with Gasteiger partial charge >= 0.3 is 0 Å². The number of aliphatic hydroxyl groups excluding tert-OH is 1. The van der Waals surface area contributed by atoms with Crippen molar-refractivity contribution in [3.63, 3.8) is 0 Å². The first-order valence-corrected chi connectivity index (χ1v) is 9.96. The molecule has 0 aliphatic heterocycles. The molecule has 0 aromatic rings. The first-order chi connectivity index (χ1) is 11.5. The minimum Gasteiger partial charge on any atom is -0.390 e. The van der Waals surface area contributed by atoms with Gasteiger partial charge in [-0.05, 0) is 62.7 Å². The summed E-state index contributed by atoms with van der Waals surface area (Å²) >= 11 is 0. The van der Waals surface area contributed by atoms with Crippen molar-refractivity contribution in [2.45, 2.75) is 89.2 Å². The average molecular weight is 409 g/mol. The molecule has 178 valence electrons. The lowest BCUT2D eigenvalue weighted by Gasteiger charge is -2.21. The van der Waals surface area contributed by atoms with Gasteiger partial charge in [-0.1, -0.05) is 70.2 Å². The Morgan fingerprint density at radius 3 is 1.25 bits per heavy atom. The van der Waals surface area contributed by atoms with E-state index in [2.05, 4.69) is 38.3 Å². The second-order valence-electron chi connectivity index (χ2n) is 7.67. The molecule has 0 aromatic heterocycles. The lowest BCUT2D eigenvalue weighted by atomic mass is 9.93. The van der Waals surface area contributed by atoms with Crippen LogP contribution in [0.4, 0.5) is 0 Å². The van der Waals surface area contributed by atoms with Crippen molar-refractivity contribution in [3.05, 3.63) is 0 Å². The molecule has 7 N–H and O–H groups in total. The molecule has 0 bridgehead atoms. The average Bonchev–Trinajstić information content (AvgIpc) is 2.57. The van der Waals surface area contributed by atoms with Crippen molar-refractivity contribution in [2.24, 2.45) is 35.1 Å². The second kappa shape index (κ2) is 24.8. The van der Waals surface area contributed by atoms with Crippen LogP contribution in [0.25, 0.3) is 0 Å². The summed E-state index contributed by atoms with van der Waals surface area (Å²) in [5.74, 6) is 2.44. The summed E-state index contributed by atoms with van der Waals surface area (Å²) in [5, 5.41) is 16.8. The van der Waals surface area contributed by atoms with Crippen LogP contribution >= 0.6 is 0 Å². The van der Waals surface area contributed by atoms with Gasteiger partial charge in [0.15, 0.2) is 0 Å². The highest BCUT2D eigenvalue weighted by molar-refractivity contribution is 4.70. The molecule has 0 fully saturated rings. The van der Waals surface area contributed by atoms with Crippen molar-refractivity contribution in [2.75, 3.05) is 39.3 Å². The van der Waals surface area contributed by atoms with E-state index < -0.39 is 0 Å². The van der Waals surface area contributed by atoms with Crippen molar-refractivity contribution in [1.82, 2.24) is 10.6 Å². The molecular formula is C23H60N4O. The van der Waals surface area contributed by atoms with Crippen molar-refractivity contribution in [1.29, 1.82) is 0 Å². The van der Waals surface area contributed by atoms with Crippen LogP contribution in [0.1, 0.15) is 83.1 Å². The maximum Gasteiger partial charge on any atom is 0.0788 e. The monoisotopic (exact) mass is 408 g/mol. The zero-order chi connectivity index (χ0) is 18.4. The zero-order valence-corrected chi connectivity index (χ0v) is 16.6. The van der Waals surface area contributed by atoms with E-state index in [1.165, 1.54) is 0 Å².